The number of para-hydroxylation sites is 1. The van der Waals surface area contributed by atoms with E-state index in [-0.39, 0.29) is 5.54 Å². The molecule has 0 aromatic heterocycles. The molecule has 0 saturated carbocycles. The summed E-state index contributed by atoms with van der Waals surface area (Å²) in [5.41, 5.74) is 9.08. The highest BCUT2D eigenvalue weighted by Gasteiger charge is 2.32. The number of hydrogen-bond acceptors (Lipinski definition) is 3. The topological polar surface area (TPSA) is 27.6 Å². The molecule has 0 atom stereocenters. The van der Waals surface area contributed by atoms with Crippen LogP contribution in [0.4, 0.5) is 11.4 Å². The number of nitrogens with one attached hydrogen (secondary N) is 1. The van der Waals surface area contributed by atoms with Crippen LogP contribution >= 0.6 is 0 Å². The van der Waals surface area contributed by atoms with E-state index < -0.39 is 0 Å². The maximum Gasteiger partial charge on any atom is 0.0561 e. The molecule has 25 heavy (non-hydrogen) atoms. The van der Waals surface area contributed by atoms with Crippen LogP contribution in [0.25, 0.3) is 5.57 Å². The second-order valence-corrected chi connectivity index (χ2v) is 7.46. The average molecular weight is 333 g/mol. The number of benzene rings is 2. The number of nitrogens with zero attached hydrogens (tertiary/aromatic N) is 2. The second-order valence-electron chi connectivity index (χ2n) is 7.46. The first-order valence-corrected chi connectivity index (χ1v) is 8.86. The van der Waals surface area contributed by atoms with E-state index >= 15 is 0 Å². The molecule has 0 aliphatic carbocycles. The van der Waals surface area contributed by atoms with Crippen LogP contribution in [0.3, 0.4) is 0 Å². The van der Waals surface area contributed by atoms with Crippen LogP contribution in [0.15, 0.2) is 59.7 Å². The van der Waals surface area contributed by atoms with E-state index in [0.29, 0.717) is 6.04 Å². The lowest BCUT2D eigenvalue weighted by molar-refractivity contribution is 0.507. The van der Waals surface area contributed by atoms with Crippen LogP contribution in [-0.4, -0.2) is 17.8 Å². The molecular weight excluding hydrogens is 306 g/mol. The van der Waals surface area contributed by atoms with Crippen LogP contribution in [-0.2, 0) is 0 Å². The van der Waals surface area contributed by atoms with E-state index in [1.165, 1.54) is 16.8 Å². The molecule has 1 N–H and O–H groups in total. The molecule has 2 aromatic carbocycles. The Labute approximate surface area is 151 Å². The van der Waals surface area contributed by atoms with Gasteiger partial charge >= 0.3 is 0 Å². The molecule has 1 heterocycles. The van der Waals surface area contributed by atoms with Crippen molar-refractivity contribution < 1.29 is 0 Å². The predicted molar refractivity (Wildman–Crippen MR) is 109 cm³/mol. The minimum Gasteiger partial charge on any atom is -0.360 e. The van der Waals surface area contributed by atoms with Gasteiger partial charge in [0.25, 0.3) is 0 Å². The van der Waals surface area contributed by atoms with Crippen molar-refractivity contribution in [2.75, 3.05) is 10.3 Å². The van der Waals surface area contributed by atoms with Gasteiger partial charge in [0.15, 0.2) is 0 Å². The molecule has 1 aliphatic rings. The van der Waals surface area contributed by atoms with Crippen molar-refractivity contribution in [3.63, 3.8) is 0 Å². The van der Waals surface area contributed by atoms with Gasteiger partial charge in [-0.1, -0.05) is 30.3 Å². The molecule has 2 aromatic rings. The van der Waals surface area contributed by atoms with Crippen LogP contribution < -0.4 is 10.3 Å². The number of anilines is 2. The van der Waals surface area contributed by atoms with Crippen molar-refractivity contribution >= 4 is 23.2 Å². The summed E-state index contributed by atoms with van der Waals surface area (Å²) in [5.74, 6) is 0. The quantitative estimate of drug-likeness (QED) is 0.587. The smallest absolute Gasteiger partial charge is 0.0561 e. The van der Waals surface area contributed by atoms with Crippen LogP contribution in [0.1, 0.15) is 45.7 Å². The molecule has 0 unspecified atom stereocenters. The maximum absolute atomic E-state index is 4.36. The van der Waals surface area contributed by atoms with Gasteiger partial charge in [-0.05, 0) is 70.0 Å². The Morgan fingerprint density at radius 3 is 2.48 bits per heavy atom. The first kappa shape index (κ1) is 17.3. The molecule has 3 rings (SSSR count). The first-order valence-electron chi connectivity index (χ1n) is 8.86. The van der Waals surface area contributed by atoms with Crippen LogP contribution in [0.2, 0.25) is 0 Å². The third kappa shape index (κ3) is 3.60. The highest BCUT2D eigenvalue weighted by atomic mass is 15.3. The zero-order valence-electron chi connectivity index (χ0n) is 15.7. The Balaban J connectivity index is 1.88. The summed E-state index contributed by atoms with van der Waals surface area (Å²) >= 11 is 0. The molecule has 0 radical (unpaired) electrons. The second kappa shape index (κ2) is 6.75. The third-order valence-electron chi connectivity index (χ3n) is 4.59. The van der Waals surface area contributed by atoms with E-state index in [1.807, 2.05) is 36.5 Å². The number of fused-ring (bicyclic) bond motifs is 1. The summed E-state index contributed by atoms with van der Waals surface area (Å²) in [6.45, 7) is 11.2. The number of allylic oxidation sites excluding steroid dienone is 1. The summed E-state index contributed by atoms with van der Waals surface area (Å²) in [6, 6.07) is 17.0. The monoisotopic (exact) mass is 333 g/mol. The Hall–Kier alpha value is -2.55. The van der Waals surface area contributed by atoms with Gasteiger partial charge < -0.3 is 4.90 Å². The highest BCUT2D eigenvalue weighted by molar-refractivity contribution is 5.88. The summed E-state index contributed by atoms with van der Waals surface area (Å²) in [7, 11) is 0. The van der Waals surface area contributed by atoms with Gasteiger partial charge in [0.1, 0.15) is 0 Å². The highest BCUT2D eigenvalue weighted by Crippen LogP contribution is 2.40. The summed E-state index contributed by atoms with van der Waals surface area (Å²) in [4.78, 5) is 2.48. The molecule has 3 heteroatoms. The fourth-order valence-electron chi connectivity index (χ4n) is 3.79. The lowest BCUT2D eigenvalue weighted by atomic mass is 9.87. The standard InChI is InChI=1S/C22H27N3/c1-16(2)25-21-12-11-18(13-20(21)17(3)14-22(25,4)5)15-23-24-19-9-7-6-8-10-19/h6-16,24H,1-5H3/b23-15+. The van der Waals surface area contributed by atoms with Gasteiger partial charge in [-0.15, -0.1) is 0 Å². The zero-order chi connectivity index (χ0) is 18.0. The molecule has 130 valence electrons. The van der Waals surface area contributed by atoms with Crippen molar-refractivity contribution in [1.82, 2.24) is 0 Å². The van der Waals surface area contributed by atoms with Gasteiger partial charge in [-0.2, -0.15) is 5.10 Å². The fourth-order valence-corrected chi connectivity index (χ4v) is 3.79. The SMILES string of the molecule is CC1=CC(C)(C)N(C(C)C)c2ccc(/C=N/Nc3ccccc3)cc21. The number of rotatable bonds is 4. The van der Waals surface area contributed by atoms with Crippen molar-refractivity contribution in [1.29, 1.82) is 0 Å². The maximum atomic E-state index is 4.36. The summed E-state index contributed by atoms with van der Waals surface area (Å²) in [6.07, 6.45) is 4.23. The Morgan fingerprint density at radius 1 is 1.08 bits per heavy atom. The largest absolute Gasteiger partial charge is 0.360 e. The molecule has 0 amide bonds. The van der Waals surface area contributed by atoms with E-state index in [4.69, 9.17) is 0 Å². The fraction of sp³-hybridized carbons (Fsp3) is 0.318. The van der Waals surface area contributed by atoms with Crippen molar-refractivity contribution in [2.24, 2.45) is 5.10 Å². The molecule has 0 spiro atoms. The van der Waals surface area contributed by atoms with Gasteiger partial charge in [0.05, 0.1) is 17.4 Å². The van der Waals surface area contributed by atoms with Gasteiger partial charge in [-0.3, -0.25) is 5.43 Å². The Kier molecular flexibility index (Phi) is 4.67. The van der Waals surface area contributed by atoms with Crippen molar-refractivity contribution in [2.45, 2.75) is 46.2 Å². The number of hydrazone groups is 1. The van der Waals surface area contributed by atoms with E-state index in [9.17, 15) is 0 Å². The third-order valence-corrected chi connectivity index (χ3v) is 4.59. The zero-order valence-corrected chi connectivity index (χ0v) is 15.7. The van der Waals surface area contributed by atoms with E-state index in [2.05, 4.69) is 74.3 Å². The van der Waals surface area contributed by atoms with E-state index in [1.54, 1.807) is 0 Å². The first-order chi connectivity index (χ1) is 11.9. The van der Waals surface area contributed by atoms with Gasteiger partial charge in [0.2, 0.25) is 0 Å². The molecular formula is C22H27N3. The molecule has 1 aliphatic heterocycles. The minimum atomic E-state index is 0.0235. The average Bonchev–Trinajstić information content (AvgIpc) is 2.55. The predicted octanol–water partition coefficient (Wildman–Crippen LogP) is 5.54. The molecule has 0 fully saturated rings. The summed E-state index contributed by atoms with van der Waals surface area (Å²) < 4.78 is 0. The molecule has 0 saturated heterocycles. The normalized spacial score (nSPS) is 16.1. The van der Waals surface area contributed by atoms with Gasteiger partial charge in [0, 0.05) is 17.3 Å². The van der Waals surface area contributed by atoms with Crippen molar-refractivity contribution in [3.05, 3.63) is 65.7 Å². The molecule has 0 bridgehead atoms. The lowest BCUT2D eigenvalue weighted by Gasteiger charge is -2.46. The summed E-state index contributed by atoms with van der Waals surface area (Å²) in [5, 5.41) is 4.36. The van der Waals surface area contributed by atoms with Gasteiger partial charge in [-0.25, -0.2) is 0 Å². The minimum absolute atomic E-state index is 0.0235. The number of hydrogen-bond donors (Lipinski definition) is 1. The van der Waals surface area contributed by atoms with Crippen molar-refractivity contribution in [3.8, 4) is 0 Å². The lowest BCUT2D eigenvalue weighted by Crippen LogP contribution is -2.49. The van der Waals surface area contributed by atoms with Crippen LogP contribution in [0, 0.1) is 0 Å². The molecule has 3 nitrogen and oxygen atoms in total. The Bertz CT molecular complexity index is 801. The van der Waals surface area contributed by atoms with E-state index in [0.717, 1.165) is 11.3 Å². The Morgan fingerprint density at radius 2 is 1.80 bits per heavy atom. The van der Waals surface area contributed by atoms with Crippen LogP contribution in [0.5, 0.6) is 0 Å².